The molecule has 1 saturated heterocycles. The van der Waals surface area contributed by atoms with Crippen LogP contribution in [0.1, 0.15) is 35.6 Å². The lowest BCUT2D eigenvalue weighted by atomic mass is 9.85. The number of hydrogen-bond acceptors (Lipinski definition) is 7. The number of aliphatic imine (C=N–C) groups is 1. The van der Waals surface area contributed by atoms with Crippen LogP contribution in [-0.4, -0.2) is 57.9 Å². The summed E-state index contributed by atoms with van der Waals surface area (Å²) in [4.78, 5) is 16.7. The second kappa shape index (κ2) is 10.7. The number of aliphatic carboxylic acids is 1. The smallest absolute Gasteiger partial charge is 0.337 e. The Balaban J connectivity index is 1.17. The number of aromatic nitrogens is 1. The molecule has 6 rings (SSSR count). The van der Waals surface area contributed by atoms with Crippen LogP contribution >= 0.6 is 34.8 Å². The number of halogens is 5. The van der Waals surface area contributed by atoms with Crippen LogP contribution in [0.15, 0.2) is 51.5 Å². The average Bonchev–Trinajstić information content (AvgIpc) is 3.65. The van der Waals surface area contributed by atoms with Crippen molar-refractivity contribution in [2.75, 3.05) is 13.1 Å². The molecule has 1 saturated carbocycles. The van der Waals surface area contributed by atoms with Crippen molar-refractivity contribution in [2.24, 2.45) is 4.99 Å². The molecule has 2 unspecified atom stereocenters. The Kier molecular flexibility index (Phi) is 7.32. The van der Waals surface area contributed by atoms with Crippen molar-refractivity contribution in [3.63, 3.8) is 0 Å². The largest absolute Gasteiger partial charge is 0.489 e. The summed E-state index contributed by atoms with van der Waals surface area (Å²) in [5.74, 6) is -0.561. The van der Waals surface area contributed by atoms with Gasteiger partial charge in [-0.3, -0.25) is 9.89 Å². The van der Waals surface area contributed by atoms with Crippen LogP contribution in [0.5, 0.6) is 5.75 Å². The van der Waals surface area contributed by atoms with Gasteiger partial charge >= 0.3 is 5.97 Å². The second-order valence-corrected chi connectivity index (χ2v) is 11.5. The lowest BCUT2D eigenvalue weighted by Gasteiger charge is -2.50. The zero-order chi connectivity index (χ0) is 29.1. The van der Waals surface area contributed by atoms with Crippen LogP contribution in [0, 0.1) is 5.82 Å². The van der Waals surface area contributed by atoms with Gasteiger partial charge in [-0.2, -0.15) is 0 Å². The Morgan fingerprint density at radius 1 is 1.15 bits per heavy atom. The minimum atomic E-state index is -1.62. The molecule has 2 aromatic carbocycles. The highest BCUT2D eigenvalue weighted by Crippen LogP contribution is 2.46. The number of likely N-dealkylation sites (tertiary alicyclic amines) is 1. The number of carboxylic acids is 1. The van der Waals surface area contributed by atoms with E-state index >= 15 is 0 Å². The van der Waals surface area contributed by atoms with Crippen LogP contribution in [0.4, 0.5) is 8.78 Å². The molecule has 3 heterocycles. The van der Waals surface area contributed by atoms with Crippen molar-refractivity contribution in [3.8, 4) is 17.0 Å². The summed E-state index contributed by atoms with van der Waals surface area (Å²) in [6, 6.07) is 7.17. The van der Waals surface area contributed by atoms with Crippen LogP contribution in [-0.2, 0) is 17.0 Å². The first-order valence-corrected chi connectivity index (χ1v) is 13.8. The maximum absolute atomic E-state index is 14.5. The van der Waals surface area contributed by atoms with Crippen LogP contribution in [0.25, 0.3) is 11.3 Å². The summed E-state index contributed by atoms with van der Waals surface area (Å²) in [6.45, 7) is 0.158. The molecule has 13 heteroatoms. The molecule has 0 spiro atoms. The third-order valence-corrected chi connectivity index (χ3v) is 8.28. The topological polar surface area (TPSA) is 108 Å². The lowest BCUT2D eigenvalue weighted by molar-refractivity contribution is -0.133. The number of nitrogens with zero attached hydrogens (tertiary/aromatic N) is 3. The van der Waals surface area contributed by atoms with Gasteiger partial charge in [-0.15, -0.1) is 0 Å². The fraction of sp³-hybridized carbons (Fsp3) is 0.321. The molecule has 2 fully saturated rings. The highest BCUT2D eigenvalue weighted by atomic mass is 35.5. The number of ether oxygens (including phenoxy) is 1. The molecular weight excluding hydrogens is 603 g/mol. The molecule has 1 aromatic heterocycles. The number of carboxylic acid groups (broad SMARTS) is 1. The summed E-state index contributed by atoms with van der Waals surface area (Å²) in [7, 11) is 0. The molecule has 1 aliphatic carbocycles. The molecule has 2 atom stereocenters. The second-order valence-electron chi connectivity index (χ2n) is 10.3. The van der Waals surface area contributed by atoms with Crippen LogP contribution in [0.2, 0.25) is 15.1 Å². The Bertz CT molecular complexity index is 1580. The molecule has 0 radical (unpaired) electrons. The minimum absolute atomic E-state index is 0.0475. The van der Waals surface area contributed by atoms with E-state index in [1.54, 1.807) is 23.1 Å². The number of rotatable bonds is 8. The van der Waals surface area contributed by atoms with Gasteiger partial charge in [0.2, 0.25) is 0 Å². The predicted octanol–water partition coefficient (Wildman–Crippen LogP) is 6.16. The van der Waals surface area contributed by atoms with E-state index in [1.807, 2.05) is 0 Å². The number of hydrogen-bond donors (Lipinski definition) is 2. The molecule has 2 N–H and O–H groups in total. The normalized spacial score (nSPS) is 21.9. The maximum Gasteiger partial charge on any atom is 0.337 e. The van der Waals surface area contributed by atoms with Gasteiger partial charge in [0.05, 0.1) is 26.2 Å². The monoisotopic (exact) mass is 623 g/mol. The van der Waals surface area contributed by atoms with Gasteiger partial charge < -0.3 is 19.5 Å². The third kappa shape index (κ3) is 5.35. The van der Waals surface area contributed by atoms with E-state index in [0.717, 1.165) is 37.3 Å². The predicted molar refractivity (Wildman–Crippen MR) is 148 cm³/mol. The average molecular weight is 625 g/mol. The summed E-state index contributed by atoms with van der Waals surface area (Å²) < 4.78 is 40.0. The Morgan fingerprint density at radius 3 is 2.46 bits per heavy atom. The molecule has 214 valence electrons. The SMILES string of the molecule is O=C(O)C1=CC(F)C(N2CC(O)(c3ccc(OCc4c(-c5c(Cl)cc(F)cc5Cl)noc4C4CC4)cc3Cl)C2)N=C1. The maximum atomic E-state index is 14.5. The summed E-state index contributed by atoms with van der Waals surface area (Å²) in [5.41, 5.74) is 0.240. The van der Waals surface area contributed by atoms with E-state index < -0.39 is 29.7 Å². The number of dihydropyridines is 1. The Hall–Kier alpha value is -3.02. The quantitative estimate of drug-likeness (QED) is 0.309. The van der Waals surface area contributed by atoms with E-state index in [-0.39, 0.29) is 46.3 Å². The molecule has 41 heavy (non-hydrogen) atoms. The van der Waals surface area contributed by atoms with E-state index in [4.69, 9.17) is 49.2 Å². The lowest BCUT2D eigenvalue weighted by Crippen LogP contribution is -2.64. The number of β-amino-alcohol motifs (C(OH)–C–C–N with tert-alkyl or cyclic N) is 1. The van der Waals surface area contributed by atoms with Gasteiger partial charge in [-0.25, -0.2) is 13.6 Å². The van der Waals surface area contributed by atoms with E-state index in [0.29, 0.717) is 33.9 Å². The first-order chi connectivity index (χ1) is 19.5. The summed E-state index contributed by atoms with van der Waals surface area (Å²) >= 11 is 19.1. The Labute approximate surface area is 247 Å². The fourth-order valence-corrected chi connectivity index (χ4v) is 6.14. The molecule has 3 aliphatic rings. The number of alkyl halides is 1. The minimum Gasteiger partial charge on any atom is -0.489 e. The van der Waals surface area contributed by atoms with Gasteiger partial charge in [-0.05, 0) is 43.2 Å². The highest BCUT2D eigenvalue weighted by Gasteiger charge is 2.48. The Morgan fingerprint density at radius 2 is 1.85 bits per heavy atom. The van der Waals surface area contributed by atoms with Gasteiger partial charge in [0.15, 0.2) is 6.17 Å². The first-order valence-electron chi connectivity index (χ1n) is 12.7. The number of carbonyl (C=O) groups is 1. The van der Waals surface area contributed by atoms with Crippen LogP contribution in [0.3, 0.4) is 0 Å². The van der Waals surface area contributed by atoms with E-state index in [9.17, 15) is 18.7 Å². The van der Waals surface area contributed by atoms with Crippen molar-refractivity contribution in [1.29, 1.82) is 0 Å². The first kappa shape index (κ1) is 28.1. The van der Waals surface area contributed by atoms with Crippen molar-refractivity contribution in [1.82, 2.24) is 10.1 Å². The van der Waals surface area contributed by atoms with Crippen molar-refractivity contribution in [2.45, 2.75) is 43.3 Å². The molecule has 2 aliphatic heterocycles. The molecular formula is C28H22Cl3F2N3O5. The zero-order valence-electron chi connectivity index (χ0n) is 21.2. The van der Waals surface area contributed by atoms with Gasteiger partial charge in [-0.1, -0.05) is 46.0 Å². The molecule has 0 bridgehead atoms. The molecule has 0 amide bonds. The van der Waals surface area contributed by atoms with Crippen molar-refractivity contribution >= 4 is 47.0 Å². The fourth-order valence-electron chi connectivity index (χ4n) is 5.16. The van der Waals surface area contributed by atoms with E-state index in [2.05, 4.69) is 10.1 Å². The number of aliphatic hydroxyl groups is 1. The highest BCUT2D eigenvalue weighted by molar-refractivity contribution is 6.39. The summed E-state index contributed by atoms with van der Waals surface area (Å²) in [5, 5.41) is 24.8. The van der Waals surface area contributed by atoms with Gasteiger partial charge in [0.25, 0.3) is 0 Å². The van der Waals surface area contributed by atoms with Crippen molar-refractivity contribution < 1.29 is 33.0 Å². The summed E-state index contributed by atoms with van der Waals surface area (Å²) in [6.07, 6.45) is 1.45. The zero-order valence-corrected chi connectivity index (χ0v) is 23.4. The molecule has 3 aromatic rings. The van der Waals surface area contributed by atoms with Crippen molar-refractivity contribution in [3.05, 3.63) is 79.8 Å². The third-order valence-electron chi connectivity index (χ3n) is 7.38. The van der Waals surface area contributed by atoms with Gasteiger partial charge in [0.1, 0.15) is 41.4 Å². The molecule has 8 nitrogen and oxygen atoms in total. The van der Waals surface area contributed by atoms with Gasteiger partial charge in [0, 0.05) is 36.3 Å². The standard InChI is InChI=1S/C28H22Cl3F2N3O5/c29-19-8-16(3-4-18(19)28(39)11-36(12-28)26-22(33)5-14(9-34-26)27(37)38)40-10-17-24(35-41-25(17)13-1-2-13)23-20(30)6-15(32)7-21(23)31/h3-9,13,22,26,39H,1-2,10-12H2,(H,37,38). The van der Waals surface area contributed by atoms with Crippen LogP contribution < -0.4 is 4.74 Å². The van der Waals surface area contributed by atoms with E-state index in [1.165, 1.54) is 0 Å². The number of benzene rings is 2.